The van der Waals surface area contributed by atoms with Crippen molar-refractivity contribution < 1.29 is 34.0 Å². The molecule has 1 unspecified atom stereocenters. The van der Waals surface area contributed by atoms with Crippen molar-refractivity contribution in [2.45, 2.75) is 75.9 Å². The number of nitrogens with zero attached hydrogens (tertiary/aromatic N) is 1. The Morgan fingerprint density at radius 1 is 1.15 bits per heavy atom. The maximum Gasteiger partial charge on any atom is 0.340 e. The van der Waals surface area contributed by atoms with E-state index < -0.39 is 17.7 Å². The predicted molar refractivity (Wildman–Crippen MR) is 150 cm³/mol. The number of aliphatic hydroxyl groups is 2. The van der Waals surface area contributed by atoms with Gasteiger partial charge < -0.3 is 29.7 Å². The highest BCUT2D eigenvalue weighted by molar-refractivity contribution is 6.00. The van der Waals surface area contributed by atoms with Crippen LogP contribution in [0, 0.1) is 40.4 Å². The van der Waals surface area contributed by atoms with Crippen molar-refractivity contribution in [3.05, 3.63) is 29.8 Å². The largest absolute Gasteiger partial charge is 0.461 e. The van der Waals surface area contributed by atoms with Crippen LogP contribution in [0.3, 0.4) is 0 Å². The lowest BCUT2D eigenvalue weighted by Gasteiger charge is -2.69. The van der Waals surface area contributed by atoms with Gasteiger partial charge in [0.05, 0.1) is 41.8 Å². The van der Waals surface area contributed by atoms with Crippen LogP contribution >= 0.6 is 0 Å². The first-order valence-corrected chi connectivity index (χ1v) is 15.4. The number of piperidine rings is 1. The van der Waals surface area contributed by atoms with Gasteiger partial charge in [-0.1, -0.05) is 19.1 Å². The Hall–Kier alpha value is -2.04. The maximum absolute atomic E-state index is 13.5. The zero-order valence-electron chi connectivity index (χ0n) is 24.5. The molecule has 6 aliphatic rings. The molecule has 3 N–H and O–H groups in total. The van der Waals surface area contributed by atoms with Crippen LogP contribution in [0.5, 0.6) is 0 Å². The van der Waals surface area contributed by atoms with E-state index in [1.807, 2.05) is 7.11 Å². The van der Waals surface area contributed by atoms with E-state index in [0.717, 1.165) is 38.8 Å². The summed E-state index contributed by atoms with van der Waals surface area (Å²) in [5.74, 6) is -0.552. The van der Waals surface area contributed by atoms with Gasteiger partial charge in [0.2, 0.25) is 5.91 Å². The third-order valence-corrected chi connectivity index (χ3v) is 12.7. The van der Waals surface area contributed by atoms with Gasteiger partial charge in [-0.15, -0.1) is 0 Å². The van der Waals surface area contributed by atoms with Crippen molar-refractivity contribution in [1.82, 2.24) is 4.90 Å². The van der Waals surface area contributed by atoms with Gasteiger partial charge >= 0.3 is 5.97 Å². The number of methoxy groups -OCH3 is 2. The molecule has 7 rings (SSSR count). The topological polar surface area (TPSA) is 118 Å². The van der Waals surface area contributed by atoms with Gasteiger partial charge in [0, 0.05) is 68.7 Å². The number of rotatable bonds is 7. The highest BCUT2D eigenvalue weighted by Gasteiger charge is 2.83. The van der Waals surface area contributed by atoms with Crippen LogP contribution in [0.2, 0.25) is 0 Å². The standard InChI is InChI=1S/C32H44N2O7/c1-5-34-15-30(16-41-29(37)18-8-6-7-9-22(18)33-17(2)35)11-10-25(40-4)32-20-12-19-23(39-3)14-31(38,26(20)27(19)36)21(28(32)34)13-24(30)32/h6-9,19-21,23-28,36,38H,5,10-16H2,1-4H3,(H,33,35)/t19-,20-,21+,23+,24-,25+,26-,27+,28?,30+,31+,32-/m1/s1. The van der Waals surface area contributed by atoms with Crippen LogP contribution in [-0.4, -0.2) is 90.9 Å². The molecule has 9 heteroatoms. The number of hydrogen-bond acceptors (Lipinski definition) is 8. The number of likely N-dealkylation sites (tertiary alicyclic amines) is 1. The summed E-state index contributed by atoms with van der Waals surface area (Å²) in [6.45, 7) is 5.53. The van der Waals surface area contributed by atoms with Gasteiger partial charge in [0.25, 0.3) is 0 Å². The molecule has 1 aliphatic heterocycles. The summed E-state index contributed by atoms with van der Waals surface area (Å²) in [6, 6.07) is 7.12. The first kappa shape index (κ1) is 27.8. The molecule has 5 saturated carbocycles. The molecule has 1 spiro atoms. The molecule has 0 aromatic heterocycles. The first-order valence-electron chi connectivity index (χ1n) is 15.4. The molecule has 1 aromatic rings. The number of aliphatic hydroxyl groups excluding tert-OH is 1. The second kappa shape index (κ2) is 9.48. The van der Waals surface area contributed by atoms with E-state index in [9.17, 15) is 19.8 Å². The Morgan fingerprint density at radius 2 is 1.93 bits per heavy atom. The number of ether oxygens (including phenoxy) is 3. The van der Waals surface area contributed by atoms with E-state index in [0.29, 0.717) is 17.7 Å². The smallest absolute Gasteiger partial charge is 0.340 e. The van der Waals surface area contributed by atoms with Crippen molar-refractivity contribution in [1.29, 1.82) is 0 Å². The fraction of sp³-hybridized carbons (Fsp3) is 0.750. The van der Waals surface area contributed by atoms with Crippen LogP contribution in [-0.2, 0) is 19.0 Å². The number of carbonyl (C=O) groups excluding carboxylic acids is 2. The van der Waals surface area contributed by atoms with E-state index in [4.69, 9.17) is 14.2 Å². The molecule has 6 fully saturated rings. The fourth-order valence-corrected chi connectivity index (χ4v) is 11.6. The Balaban J connectivity index is 1.28. The lowest BCUT2D eigenvalue weighted by molar-refractivity contribution is -0.275. The zero-order chi connectivity index (χ0) is 28.9. The van der Waals surface area contributed by atoms with Gasteiger partial charge in [-0.2, -0.15) is 0 Å². The molecular formula is C32H44N2O7. The number of amides is 1. The van der Waals surface area contributed by atoms with Crippen LogP contribution in [0.4, 0.5) is 5.69 Å². The minimum absolute atomic E-state index is 0.00568. The second-order valence-electron chi connectivity index (χ2n) is 13.8. The van der Waals surface area contributed by atoms with E-state index in [-0.39, 0.29) is 71.2 Å². The maximum atomic E-state index is 13.5. The SMILES string of the molecule is CCN1C[C@]2(COC(=O)c3ccccc3NC(C)=O)CC[C@H](OC)[C@]34C1[C@H](C[C@H]23)[C@@]1(O)C[C@H](OC)[C@H]2C[C@@H]4[C@@H]1[C@H]2O. The van der Waals surface area contributed by atoms with Crippen LogP contribution in [0.15, 0.2) is 24.3 Å². The monoisotopic (exact) mass is 568 g/mol. The highest BCUT2D eigenvalue weighted by Crippen LogP contribution is 2.79. The van der Waals surface area contributed by atoms with E-state index in [2.05, 4.69) is 17.1 Å². The quantitative estimate of drug-likeness (QED) is 0.430. The zero-order valence-corrected chi connectivity index (χ0v) is 24.5. The third kappa shape index (κ3) is 3.47. The number of carbonyl (C=O) groups is 2. The van der Waals surface area contributed by atoms with E-state index in [1.165, 1.54) is 6.92 Å². The second-order valence-corrected chi connectivity index (χ2v) is 13.8. The molecule has 7 bridgehead atoms. The molecule has 9 nitrogen and oxygen atoms in total. The molecule has 1 heterocycles. The van der Waals surface area contributed by atoms with Crippen molar-refractivity contribution in [2.24, 2.45) is 40.4 Å². The first-order chi connectivity index (χ1) is 19.7. The lowest BCUT2D eigenvalue weighted by atomic mass is 9.43. The van der Waals surface area contributed by atoms with Crippen molar-refractivity contribution in [3.8, 4) is 0 Å². The van der Waals surface area contributed by atoms with E-state index in [1.54, 1.807) is 31.4 Å². The summed E-state index contributed by atoms with van der Waals surface area (Å²) in [6.07, 6.45) is 3.23. The molecule has 0 radical (unpaired) electrons. The molecule has 1 saturated heterocycles. The minimum atomic E-state index is -0.999. The van der Waals surface area contributed by atoms with Crippen molar-refractivity contribution in [3.63, 3.8) is 0 Å². The Bertz CT molecular complexity index is 1240. The number of benzene rings is 1. The number of anilines is 1. The summed E-state index contributed by atoms with van der Waals surface area (Å²) in [4.78, 5) is 27.8. The molecule has 1 amide bonds. The summed E-state index contributed by atoms with van der Waals surface area (Å²) in [7, 11) is 3.53. The van der Waals surface area contributed by atoms with Gasteiger partial charge in [0.1, 0.15) is 0 Å². The average Bonchev–Trinajstić information content (AvgIpc) is 3.38. The average molecular weight is 569 g/mol. The highest BCUT2D eigenvalue weighted by atomic mass is 16.5. The molecule has 5 aliphatic carbocycles. The molecular weight excluding hydrogens is 524 g/mol. The number of hydrogen-bond donors (Lipinski definition) is 3. The number of para-hydroxylation sites is 1. The molecule has 1 aromatic carbocycles. The third-order valence-electron chi connectivity index (χ3n) is 12.7. The Kier molecular flexibility index (Phi) is 6.42. The fourth-order valence-electron chi connectivity index (χ4n) is 11.6. The van der Waals surface area contributed by atoms with Gasteiger partial charge in [-0.3, -0.25) is 9.69 Å². The minimum Gasteiger partial charge on any atom is -0.461 e. The summed E-state index contributed by atoms with van der Waals surface area (Å²) in [5.41, 5.74) is -0.719. The summed E-state index contributed by atoms with van der Waals surface area (Å²) >= 11 is 0. The number of esters is 1. The van der Waals surface area contributed by atoms with Crippen LogP contribution < -0.4 is 5.32 Å². The van der Waals surface area contributed by atoms with Crippen molar-refractivity contribution in [2.75, 3.05) is 39.2 Å². The van der Waals surface area contributed by atoms with Gasteiger partial charge in [-0.25, -0.2) is 4.79 Å². The molecule has 224 valence electrons. The molecule has 12 atom stereocenters. The normalized spacial score (nSPS) is 47.2. The van der Waals surface area contributed by atoms with Gasteiger partial charge in [-0.05, 0) is 56.2 Å². The lowest BCUT2D eigenvalue weighted by Crippen LogP contribution is -2.76. The summed E-state index contributed by atoms with van der Waals surface area (Å²) in [5, 5.41) is 27.0. The predicted octanol–water partition coefficient (Wildman–Crippen LogP) is 2.70. The summed E-state index contributed by atoms with van der Waals surface area (Å²) < 4.78 is 18.5. The number of fused-ring (bicyclic) bond motifs is 2. The molecule has 41 heavy (non-hydrogen) atoms. The van der Waals surface area contributed by atoms with E-state index >= 15 is 0 Å². The van der Waals surface area contributed by atoms with Crippen LogP contribution in [0.1, 0.15) is 56.3 Å². The van der Waals surface area contributed by atoms with Gasteiger partial charge in [0.15, 0.2) is 0 Å². The van der Waals surface area contributed by atoms with Crippen molar-refractivity contribution >= 4 is 17.6 Å². The Morgan fingerprint density at radius 3 is 2.63 bits per heavy atom. The Labute approximate surface area is 241 Å². The number of nitrogens with one attached hydrogen (secondary N) is 1. The van der Waals surface area contributed by atoms with Crippen LogP contribution in [0.25, 0.3) is 0 Å².